The Kier molecular flexibility index (Phi) is 5.87. The van der Waals surface area contributed by atoms with E-state index in [1.807, 2.05) is 36.4 Å². The van der Waals surface area contributed by atoms with Crippen molar-refractivity contribution in [3.8, 4) is 0 Å². The van der Waals surface area contributed by atoms with Crippen molar-refractivity contribution in [2.24, 2.45) is 5.92 Å². The predicted octanol–water partition coefficient (Wildman–Crippen LogP) is 4.95. The van der Waals surface area contributed by atoms with Gasteiger partial charge in [0, 0.05) is 36.1 Å². The van der Waals surface area contributed by atoms with Gasteiger partial charge in [0.2, 0.25) is 0 Å². The number of unbranched alkanes of at least 4 members (excludes halogenated alkanes) is 1. The normalized spacial score (nSPS) is 18.5. The molecule has 162 valence electrons. The quantitative estimate of drug-likeness (QED) is 0.306. The first-order valence-corrected chi connectivity index (χ1v) is 11.5. The van der Waals surface area contributed by atoms with E-state index in [1.165, 1.54) is 10.5 Å². The lowest BCUT2D eigenvalue weighted by Crippen LogP contribution is -2.41. The van der Waals surface area contributed by atoms with Crippen molar-refractivity contribution in [2.75, 3.05) is 26.2 Å². The average molecular weight is 425 g/mol. The molecule has 2 amide bonds. The van der Waals surface area contributed by atoms with Crippen molar-refractivity contribution < 1.29 is 9.59 Å². The minimum absolute atomic E-state index is 0.164. The van der Waals surface area contributed by atoms with E-state index >= 15 is 0 Å². The maximum Gasteiger partial charge on any atom is 0.261 e. The number of amides is 2. The lowest BCUT2D eigenvalue weighted by Gasteiger charge is -2.30. The van der Waals surface area contributed by atoms with E-state index in [2.05, 4.69) is 47.4 Å². The van der Waals surface area contributed by atoms with E-state index in [9.17, 15) is 9.59 Å². The molecular formula is C28H28N2O2. The second kappa shape index (κ2) is 9.09. The minimum Gasteiger partial charge on any atom is -0.299 e. The fourth-order valence-corrected chi connectivity index (χ4v) is 4.99. The Morgan fingerprint density at radius 3 is 2.19 bits per heavy atom. The molecule has 3 aromatic carbocycles. The summed E-state index contributed by atoms with van der Waals surface area (Å²) in [6, 6.07) is 22.0. The molecule has 4 nitrogen and oxygen atoms in total. The van der Waals surface area contributed by atoms with Crippen LogP contribution in [0.2, 0.25) is 0 Å². The van der Waals surface area contributed by atoms with Crippen molar-refractivity contribution in [3.63, 3.8) is 0 Å². The summed E-state index contributed by atoms with van der Waals surface area (Å²) >= 11 is 0. The van der Waals surface area contributed by atoms with Gasteiger partial charge in [-0.05, 0) is 54.8 Å². The van der Waals surface area contributed by atoms with Gasteiger partial charge in [-0.2, -0.15) is 0 Å². The van der Waals surface area contributed by atoms with Crippen molar-refractivity contribution >= 4 is 22.6 Å². The van der Waals surface area contributed by atoms with Crippen LogP contribution in [0.3, 0.4) is 0 Å². The second-order valence-electron chi connectivity index (χ2n) is 8.82. The molecule has 0 fully saturated rings. The summed E-state index contributed by atoms with van der Waals surface area (Å²) in [5.74, 6) is 0.208. The Morgan fingerprint density at radius 1 is 0.781 bits per heavy atom. The molecule has 2 aliphatic heterocycles. The van der Waals surface area contributed by atoms with E-state index in [4.69, 9.17) is 0 Å². The monoisotopic (exact) mass is 424 g/mol. The number of carbonyl (C=O) groups excluding carboxylic acids is 2. The van der Waals surface area contributed by atoms with Crippen LogP contribution in [0.1, 0.15) is 39.1 Å². The zero-order chi connectivity index (χ0) is 21.9. The van der Waals surface area contributed by atoms with Crippen molar-refractivity contribution in [2.45, 2.75) is 19.3 Å². The molecule has 32 heavy (non-hydrogen) atoms. The van der Waals surface area contributed by atoms with E-state index in [1.54, 1.807) is 0 Å². The van der Waals surface area contributed by atoms with Crippen molar-refractivity contribution in [3.05, 3.63) is 95.6 Å². The first-order chi connectivity index (χ1) is 15.7. The Bertz CT molecular complexity index is 1120. The van der Waals surface area contributed by atoms with Crippen LogP contribution < -0.4 is 0 Å². The molecule has 1 unspecified atom stereocenters. The summed E-state index contributed by atoms with van der Waals surface area (Å²) in [6.07, 6.45) is 7.46. The predicted molar refractivity (Wildman–Crippen MR) is 128 cm³/mol. The van der Waals surface area contributed by atoms with Crippen molar-refractivity contribution in [1.82, 2.24) is 9.80 Å². The molecule has 5 rings (SSSR count). The zero-order valence-electron chi connectivity index (χ0n) is 18.2. The van der Waals surface area contributed by atoms with Gasteiger partial charge in [-0.15, -0.1) is 0 Å². The highest BCUT2D eigenvalue weighted by atomic mass is 16.2. The Balaban J connectivity index is 1.16. The van der Waals surface area contributed by atoms with Gasteiger partial charge in [-0.3, -0.25) is 19.4 Å². The van der Waals surface area contributed by atoms with Gasteiger partial charge in [-0.1, -0.05) is 66.7 Å². The van der Waals surface area contributed by atoms with E-state index in [0.717, 1.165) is 49.7 Å². The Morgan fingerprint density at radius 2 is 1.47 bits per heavy atom. The number of imide groups is 1. The smallest absolute Gasteiger partial charge is 0.261 e. The molecule has 0 saturated heterocycles. The van der Waals surface area contributed by atoms with Crippen LogP contribution in [-0.4, -0.2) is 47.8 Å². The topological polar surface area (TPSA) is 40.6 Å². The van der Waals surface area contributed by atoms with E-state index < -0.39 is 0 Å². The Labute approximate surface area is 189 Å². The molecule has 4 heteroatoms. The van der Waals surface area contributed by atoms with E-state index in [0.29, 0.717) is 23.6 Å². The van der Waals surface area contributed by atoms with Crippen LogP contribution in [-0.2, 0) is 6.42 Å². The Hall–Kier alpha value is -3.24. The molecule has 2 heterocycles. The summed E-state index contributed by atoms with van der Waals surface area (Å²) in [5, 5.41) is 1.75. The summed E-state index contributed by atoms with van der Waals surface area (Å²) in [7, 11) is 0. The highest BCUT2D eigenvalue weighted by Gasteiger charge is 2.32. The van der Waals surface area contributed by atoms with Crippen LogP contribution in [0.15, 0.2) is 78.9 Å². The fourth-order valence-electron chi connectivity index (χ4n) is 4.99. The third-order valence-corrected chi connectivity index (χ3v) is 6.57. The third kappa shape index (κ3) is 4.11. The number of hydrogen-bond acceptors (Lipinski definition) is 3. The standard InChI is InChI=1S/C28H28N2O2/c31-27-24-14-6-12-23-13-7-15-25(26(23)24)28(32)30(27)18-5-4-16-29-17-8-11-22(20-29)19-21-9-2-1-3-10-21/h1-3,6-15,22H,4-5,16-20H2. The van der Waals surface area contributed by atoms with Gasteiger partial charge in [0.05, 0.1) is 0 Å². The number of carbonyl (C=O) groups is 2. The van der Waals surface area contributed by atoms with Gasteiger partial charge >= 0.3 is 0 Å². The van der Waals surface area contributed by atoms with Crippen LogP contribution in [0, 0.1) is 5.92 Å². The second-order valence-corrected chi connectivity index (χ2v) is 8.82. The maximum absolute atomic E-state index is 13.0. The van der Waals surface area contributed by atoms with Gasteiger partial charge < -0.3 is 0 Å². The van der Waals surface area contributed by atoms with Crippen LogP contribution in [0.5, 0.6) is 0 Å². The maximum atomic E-state index is 13.0. The number of benzene rings is 3. The first-order valence-electron chi connectivity index (χ1n) is 11.5. The molecule has 0 radical (unpaired) electrons. The first kappa shape index (κ1) is 20.7. The molecule has 0 N–H and O–H groups in total. The molecule has 0 aliphatic carbocycles. The fraction of sp³-hybridized carbons (Fsp3) is 0.286. The van der Waals surface area contributed by atoms with Gasteiger partial charge in [0.25, 0.3) is 11.8 Å². The summed E-state index contributed by atoms with van der Waals surface area (Å²) < 4.78 is 0. The molecule has 0 aromatic heterocycles. The SMILES string of the molecule is O=C1c2cccc3cccc(c23)C(=O)N1CCCCN1CC=CC(Cc2ccccc2)C1. The highest BCUT2D eigenvalue weighted by molar-refractivity contribution is 6.25. The number of rotatable bonds is 7. The number of hydrogen-bond donors (Lipinski definition) is 0. The third-order valence-electron chi connectivity index (χ3n) is 6.57. The molecule has 1 atom stereocenters. The van der Waals surface area contributed by atoms with Gasteiger partial charge in [0.15, 0.2) is 0 Å². The van der Waals surface area contributed by atoms with Gasteiger partial charge in [-0.25, -0.2) is 0 Å². The number of nitrogens with zero attached hydrogens (tertiary/aromatic N) is 2. The largest absolute Gasteiger partial charge is 0.299 e. The highest BCUT2D eigenvalue weighted by Crippen LogP contribution is 2.30. The van der Waals surface area contributed by atoms with Crippen LogP contribution in [0.25, 0.3) is 10.8 Å². The zero-order valence-corrected chi connectivity index (χ0v) is 18.2. The van der Waals surface area contributed by atoms with E-state index in [-0.39, 0.29) is 11.8 Å². The summed E-state index contributed by atoms with van der Waals surface area (Å²) in [4.78, 5) is 29.9. The molecule has 2 aliphatic rings. The summed E-state index contributed by atoms with van der Waals surface area (Å²) in [6.45, 7) is 3.49. The van der Waals surface area contributed by atoms with Gasteiger partial charge in [0.1, 0.15) is 0 Å². The molecular weight excluding hydrogens is 396 g/mol. The molecule has 0 spiro atoms. The van der Waals surface area contributed by atoms with Crippen LogP contribution >= 0.6 is 0 Å². The molecule has 0 bridgehead atoms. The lowest BCUT2D eigenvalue weighted by atomic mass is 9.94. The average Bonchev–Trinajstić information content (AvgIpc) is 2.83. The summed E-state index contributed by atoms with van der Waals surface area (Å²) in [5.41, 5.74) is 2.66. The molecule has 0 saturated carbocycles. The minimum atomic E-state index is -0.164. The van der Waals surface area contributed by atoms with Crippen molar-refractivity contribution in [1.29, 1.82) is 0 Å². The lowest BCUT2D eigenvalue weighted by molar-refractivity contribution is 0.0606. The molecule has 3 aromatic rings. The van der Waals surface area contributed by atoms with Crippen LogP contribution in [0.4, 0.5) is 0 Å².